The molecule has 90 valence electrons. The van der Waals surface area contributed by atoms with Crippen molar-refractivity contribution in [3.05, 3.63) is 59.7 Å². The standard InChI is InChI=1S/C15H11FO2/c16-13(12-4-2-1-3-5-12)8-11-6-7-14-15(9-11)18-10-17-14/h1-9H,10H2/b13-8+. The summed E-state index contributed by atoms with van der Waals surface area (Å²) in [6.07, 6.45) is 1.48. The van der Waals surface area contributed by atoms with E-state index in [1.54, 1.807) is 30.3 Å². The van der Waals surface area contributed by atoms with E-state index in [4.69, 9.17) is 9.47 Å². The first kappa shape index (κ1) is 10.8. The van der Waals surface area contributed by atoms with Gasteiger partial charge in [0.1, 0.15) is 5.83 Å². The van der Waals surface area contributed by atoms with E-state index < -0.39 is 0 Å². The predicted octanol–water partition coefficient (Wildman–Crippen LogP) is 3.88. The maximum absolute atomic E-state index is 14.0. The van der Waals surface area contributed by atoms with Crippen LogP contribution in [0.5, 0.6) is 11.5 Å². The van der Waals surface area contributed by atoms with Crippen molar-refractivity contribution in [1.29, 1.82) is 0 Å². The van der Waals surface area contributed by atoms with Crippen LogP contribution in [0.4, 0.5) is 4.39 Å². The SMILES string of the molecule is F/C(=C/c1ccc2c(c1)OCO2)c1ccccc1. The zero-order valence-corrected chi connectivity index (χ0v) is 9.60. The van der Waals surface area contributed by atoms with Crippen LogP contribution in [-0.4, -0.2) is 6.79 Å². The molecule has 0 spiro atoms. The Morgan fingerprint density at radius 3 is 2.61 bits per heavy atom. The number of hydrogen-bond acceptors (Lipinski definition) is 2. The number of fused-ring (bicyclic) bond motifs is 1. The van der Waals surface area contributed by atoms with E-state index in [-0.39, 0.29) is 12.6 Å². The first-order valence-corrected chi connectivity index (χ1v) is 5.65. The van der Waals surface area contributed by atoms with Crippen molar-refractivity contribution in [3.8, 4) is 11.5 Å². The Bertz CT molecular complexity index is 591. The van der Waals surface area contributed by atoms with Crippen LogP contribution in [0.2, 0.25) is 0 Å². The molecule has 18 heavy (non-hydrogen) atoms. The quantitative estimate of drug-likeness (QED) is 0.744. The molecule has 1 heterocycles. The van der Waals surface area contributed by atoms with Gasteiger partial charge in [-0.15, -0.1) is 0 Å². The zero-order valence-electron chi connectivity index (χ0n) is 9.60. The molecule has 3 heteroatoms. The second kappa shape index (κ2) is 4.53. The summed E-state index contributed by atoms with van der Waals surface area (Å²) in [5.41, 5.74) is 1.32. The molecule has 0 N–H and O–H groups in total. The zero-order chi connectivity index (χ0) is 12.4. The van der Waals surface area contributed by atoms with Gasteiger partial charge in [0.2, 0.25) is 6.79 Å². The molecule has 2 nitrogen and oxygen atoms in total. The fourth-order valence-corrected chi connectivity index (χ4v) is 1.83. The molecule has 0 aliphatic carbocycles. The van der Waals surface area contributed by atoms with E-state index in [2.05, 4.69) is 0 Å². The minimum Gasteiger partial charge on any atom is -0.454 e. The molecule has 2 aromatic rings. The van der Waals surface area contributed by atoms with Gasteiger partial charge in [0.25, 0.3) is 0 Å². The largest absolute Gasteiger partial charge is 0.454 e. The fourth-order valence-electron chi connectivity index (χ4n) is 1.83. The van der Waals surface area contributed by atoms with Crippen LogP contribution in [0.1, 0.15) is 11.1 Å². The number of ether oxygens (including phenoxy) is 2. The first-order valence-electron chi connectivity index (χ1n) is 5.65. The Balaban J connectivity index is 1.92. The Kier molecular flexibility index (Phi) is 2.73. The van der Waals surface area contributed by atoms with Gasteiger partial charge in [0.15, 0.2) is 11.5 Å². The normalized spacial score (nSPS) is 13.7. The smallest absolute Gasteiger partial charge is 0.231 e. The Morgan fingerprint density at radius 1 is 1.00 bits per heavy atom. The van der Waals surface area contributed by atoms with E-state index >= 15 is 0 Å². The van der Waals surface area contributed by atoms with Gasteiger partial charge in [-0.05, 0) is 23.8 Å². The van der Waals surface area contributed by atoms with E-state index in [9.17, 15) is 4.39 Å². The van der Waals surface area contributed by atoms with Crippen molar-refractivity contribution in [1.82, 2.24) is 0 Å². The van der Waals surface area contributed by atoms with Crippen LogP contribution in [0, 0.1) is 0 Å². The summed E-state index contributed by atoms with van der Waals surface area (Å²) in [6.45, 7) is 0.226. The van der Waals surface area contributed by atoms with Crippen molar-refractivity contribution < 1.29 is 13.9 Å². The summed E-state index contributed by atoms with van der Waals surface area (Å²) in [6, 6.07) is 14.3. The average Bonchev–Trinajstić information content (AvgIpc) is 2.87. The van der Waals surface area contributed by atoms with Gasteiger partial charge in [0.05, 0.1) is 0 Å². The molecule has 0 radical (unpaired) electrons. The molecule has 1 aliphatic heterocycles. The molecule has 0 amide bonds. The lowest BCUT2D eigenvalue weighted by Gasteiger charge is -2.00. The molecule has 3 rings (SSSR count). The summed E-state index contributed by atoms with van der Waals surface area (Å²) in [5.74, 6) is 1.09. The molecular formula is C15H11FO2. The maximum Gasteiger partial charge on any atom is 0.231 e. The maximum atomic E-state index is 14.0. The van der Waals surface area contributed by atoms with Gasteiger partial charge < -0.3 is 9.47 Å². The topological polar surface area (TPSA) is 18.5 Å². The minimum absolute atomic E-state index is 0.226. The average molecular weight is 242 g/mol. The number of rotatable bonds is 2. The van der Waals surface area contributed by atoms with Crippen LogP contribution in [0.25, 0.3) is 11.9 Å². The van der Waals surface area contributed by atoms with E-state index in [0.29, 0.717) is 17.1 Å². The highest BCUT2D eigenvalue weighted by atomic mass is 19.1. The highest BCUT2D eigenvalue weighted by Crippen LogP contribution is 2.33. The lowest BCUT2D eigenvalue weighted by molar-refractivity contribution is 0.174. The van der Waals surface area contributed by atoms with Crippen LogP contribution in [-0.2, 0) is 0 Å². The molecule has 1 aliphatic rings. The number of halogens is 1. The lowest BCUT2D eigenvalue weighted by atomic mass is 10.1. The van der Waals surface area contributed by atoms with Crippen molar-refractivity contribution in [2.75, 3.05) is 6.79 Å². The fraction of sp³-hybridized carbons (Fsp3) is 0.0667. The minimum atomic E-state index is -0.269. The summed E-state index contributed by atoms with van der Waals surface area (Å²) in [7, 11) is 0. The monoisotopic (exact) mass is 242 g/mol. The summed E-state index contributed by atoms with van der Waals surface area (Å²) < 4.78 is 24.4. The van der Waals surface area contributed by atoms with Crippen LogP contribution in [0.3, 0.4) is 0 Å². The van der Waals surface area contributed by atoms with Crippen LogP contribution in [0.15, 0.2) is 48.5 Å². The molecule has 2 aromatic carbocycles. The van der Waals surface area contributed by atoms with Gasteiger partial charge in [0, 0.05) is 5.56 Å². The van der Waals surface area contributed by atoms with Gasteiger partial charge in [-0.2, -0.15) is 0 Å². The highest BCUT2D eigenvalue weighted by molar-refractivity contribution is 5.77. The Labute approximate surface area is 104 Å². The molecule has 0 atom stereocenters. The van der Waals surface area contributed by atoms with Crippen molar-refractivity contribution >= 4 is 11.9 Å². The van der Waals surface area contributed by atoms with Gasteiger partial charge in [-0.1, -0.05) is 36.4 Å². The second-order valence-electron chi connectivity index (χ2n) is 3.97. The van der Waals surface area contributed by atoms with Crippen LogP contribution >= 0.6 is 0 Å². The van der Waals surface area contributed by atoms with E-state index in [1.165, 1.54) is 6.08 Å². The summed E-state index contributed by atoms with van der Waals surface area (Å²) >= 11 is 0. The molecule has 0 fully saturated rings. The molecular weight excluding hydrogens is 231 g/mol. The van der Waals surface area contributed by atoms with E-state index in [0.717, 1.165) is 5.56 Å². The third-order valence-electron chi connectivity index (χ3n) is 2.74. The third kappa shape index (κ3) is 2.07. The number of benzene rings is 2. The Hall–Kier alpha value is -2.29. The molecule has 0 aromatic heterocycles. The van der Waals surface area contributed by atoms with Gasteiger partial charge >= 0.3 is 0 Å². The van der Waals surface area contributed by atoms with E-state index in [1.807, 2.05) is 18.2 Å². The molecule has 0 unspecified atom stereocenters. The first-order chi connectivity index (χ1) is 8.83. The van der Waals surface area contributed by atoms with Crippen molar-refractivity contribution in [2.24, 2.45) is 0 Å². The van der Waals surface area contributed by atoms with Crippen molar-refractivity contribution in [3.63, 3.8) is 0 Å². The molecule has 0 saturated carbocycles. The highest BCUT2D eigenvalue weighted by Gasteiger charge is 2.12. The van der Waals surface area contributed by atoms with Gasteiger partial charge in [-0.3, -0.25) is 0 Å². The predicted molar refractivity (Wildman–Crippen MR) is 68.0 cm³/mol. The Morgan fingerprint density at radius 2 is 1.78 bits per heavy atom. The van der Waals surface area contributed by atoms with Crippen molar-refractivity contribution in [2.45, 2.75) is 0 Å². The molecule has 0 bridgehead atoms. The van der Waals surface area contributed by atoms with Crippen LogP contribution < -0.4 is 9.47 Å². The lowest BCUT2D eigenvalue weighted by Crippen LogP contribution is -1.92. The second-order valence-corrected chi connectivity index (χ2v) is 3.97. The van der Waals surface area contributed by atoms with Gasteiger partial charge in [-0.25, -0.2) is 4.39 Å². The number of hydrogen-bond donors (Lipinski definition) is 0. The summed E-state index contributed by atoms with van der Waals surface area (Å²) in [4.78, 5) is 0. The third-order valence-corrected chi connectivity index (χ3v) is 2.74. The molecule has 0 saturated heterocycles. The summed E-state index contributed by atoms with van der Waals surface area (Å²) in [5, 5.41) is 0.